The number of aliphatic carboxylic acids is 1. The van der Waals surface area contributed by atoms with Crippen LogP contribution in [-0.4, -0.2) is 23.7 Å². The van der Waals surface area contributed by atoms with Gasteiger partial charge in [0.1, 0.15) is 0 Å². The third kappa shape index (κ3) is 2.48. The van der Waals surface area contributed by atoms with Crippen molar-refractivity contribution in [2.45, 2.75) is 38.6 Å². The molecule has 12 heavy (non-hydrogen) atoms. The minimum atomic E-state index is -0.665. The summed E-state index contributed by atoms with van der Waals surface area (Å²) in [4.78, 5) is 10.5. The lowest BCUT2D eigenvalue weighted by Crippen LogP contribution is -2.41. The SMILES string of the molecule is CC[C@H]1NCCC[C@@H]1CC(=O)O. The van der Waals surface area contributed by atoms with Gasteiger partial charge >= 0.3 is 5.97 Å². The van der Waals surface area contributed by atoms with Crippen molar-refractivity contribution in [2.24, 2.45) is 5.92 Å². The van der Waals surface area contributed by atoms with Crippen LogP contribution >= 0.6 is 0 Å². The molecule has 1 fully saturated rings. The van der Waals surface area contributed by atoms with Gasteiger partial charge in [0.05, 0.1) is 0 Å². The van der Waals surface area contributed by atoms with E-state index in [0.717, 1.165) is 25.8 Å². The molecule has 3 heteroatoms. The highest BCUT2D eigenvalue weighted by atomic mass is 16.4. The molecule has 0 saturated carbocycles. The molecule has 0 radical (unpaired) electrons. The van der Waals surface area contributed by atoms with Gasteiger partial charge in [-0.2, -0.15) is 0 Å². The molecule has 1 aliphatic heterocycles. The summed E-state index contributed by atoms with van der Waals surface area (Å²) in [6, 6.07) is 0.426. The third-order valence-electron chi connectivity index (χ3n) is 2.60. The van der Waals surface area contributed by atoms with E-state index in [4.69, 9.17) is 5.11 Å². The van der Waals surface area contributed by atoms with Gasteiger partial charge in [-0.25, -0.2) is 0 Å². The zero-order valence-corrected chi connectivity index (χ0v) is 7.55. The Morgan fingerprint density at radius 1 is 1.67 bits per heavy atom. The molecule has 1 heterocycles. The fraction of sp³-hybridized carbons (Fsp3) is 0.889. The van der Waals surface area contributed by atoms with Crippen molar-refractivity contribution in [3.05, 3.63) is 0 Å². The Morgan fingerprint density at radius 2 is 2.42 bits per heavy atom. The summed E-state index contributed by atoms with van der Waals surface area (Å²) in [6.07, 6.45) is 3.55. The zero-order chi connectivity index (χ0) is 8.97. The Hall–Kier alpha value is -0.570. The van der Waals surface area contributed by atoms with Gasteiger partial charge in [0.15, 0.2) is 0 Å². The molecule has 2 atom stereocenters. The molecule has 1 saturated heterocycles. The molecule has 0 unspecified atom stereocenters. The molecule has 0 aromatic carbocycles. The highest BCUT2D eigenvalue weighted by molar-refractivity contribution is 5.67. The third-order valence-corrected chi connectivity index (χ3v) is 2.60. The van der Waals surface area contributed by atoms with Crippen LogP contribution in [-0.2, 0) is 4.79 Å². The van der Waals surface area contributed by atoms with E-state index in [2.05, 4.69) is 12.2 Å². The van der Waals surface area contributed by atoms with Crippen molar-refractivity contribution < 1.29 is 9.90 Å². The number of carboxylic acids is 1. The lowest BCUT2D eigenvalue weighted by molar-refractivity contribution is -0.138. The van der Waals surface area contributed by atoms with Gasteiger partial charge in [0.25, 0.3) is 0 Å². The normalized spacial score (nSPS) is 30.1. The minimum Gasteiger partial charge on any atom is -0.481 e. The maximum Gasteiger partial charge on any atom is 0.303 e. The van der Waals surface area contributed by atoms with E-state index in [-0.39, 0.29) is 0 Å². The van der Waals surface area contributed by atoms with Crippen LogP contribution in [0.5, 0.6) is 0 Å². The maximum absolute atomic E-state index is 10.5. The fourth-order valence-electron chi connectivity index (χ4n) is 1.97. The summed E-state index contributed by atoms with van der Waals surface area (Å²) in [5, 5.41) is 12.0. The molecule has 1 rings (SSSR count). The summed E-state index contributed by atoms with van der Waals surface area (Å²) >= 11 is 0. The van der Waals surface area contributed by atoms with Crippen molar-refractivity contribution in [1.82, 2.24) is 5.32 Å². The Bertz CT molecular complexity index is 159. The average Bonchev–Trinajstić information content (AvgIpc) is 2.04. The van der Waals surface area contributed by atoms with Gasteiger partial charge in [-0.3, -0.25) is 4.79 Å². The first-order valence-electron chi connectivity index (χ1n) is 4.69. The predicted octanol–water partition coefficient (Wildman–Crippen LogP) is 1.24. The minimum absolute atomic E-state index is 0.325. The molecule has 0 aliphatic carbocycles. The van der Waals surface area contributed by atoms with Gasteiger partial charge in [0, 0.05) is 12.5 Å². The molecule has 0 amide bonds. The predicted molar refractivity (Wildman–Crippen MR) is 47.1 cm³/mol. The first-order chi connectivity index (χ1) is 5.74. The second-order valence-electron chi connectivity index (χ2n) is 3.47. The molecule has 70 valence electrons. The molecule has 3 nitrogen and oxygen atoms in total. The summed E-state index contributed by atoms with van der Waals surface area (Å²) in [5.41, 5.74) is 0. The van der Waals surface area contributed by atoms with Crippen molar-refractivity contribution in [1.29, 1.82) is 0 Å². The van der Waals surface area contributed by atoms with Crippen LogP contribution in [0.3, 0.4) is 0 Å². The Balaban J connectivity index is 2.41. The topological polar surface area (TPSA) is 49.3 Å². The van der Waals surface area contributed by atoms with Gasteiger partial charge < -0.3 is 10.4 Å². The maximum atomic E-state index is 10.5. The molecular formula is C9H17NO2. The lowest BCUT2D eigenvalue weighted by Gasteiger charge is -2.30. The van der Waals surface area contributed by atoms with E-state index in [9.17, 15) is 4.79 Å². The van der Waals surface area contributed by atoms with Crippen molar-refractivity contribution in [3.63, 3.8) is 0 Å². The Kier molecular flexibility index (Phi) is 3.53. The quantitative estimate of drug-likeness (QED) is 0.671. The first kappa shape index (κ1) is 9.52. The van der Waals surface area contributed by atoms with Gasteiger partial charge in [-0.15, -0.1) is 0 Å². The van der Waals surface area contributed by atoms with E-state index in [1.54, 1.807) is 0 Å². The largest absolute Gasteiger partial charge is 0.481 e. The van der Waals surface area contributed by atoms with Crippen LogP contribution in [0.1, 0.15) is 32.6 Å². The second-order valence-corrected chi connectivity index (χ2v) is 3.47. The Labute approximate surface area is 73.2 Å². The van der Waals surface area contributed by atoms with Crippen LogP contribution in [0.25, 0.3) is 0 Å². The van der Waals surface area contributed by atoms with Crippen LogP contribution < -0.4 is 5.32 Å². The molecule has 0 aromatic rings. The zero-order valence-electron chi connectivity index (χ0n) is 7.55. The Morgan fingerprint density at radius 3 is 3.00 bits per heavy atom. The van der Waals surface area contributed by atoms with Crippen LogP contribution in [0.4, 0.5) is 0 Å². The second kappa shape index (κ2) is 4.45. The van der Waals surface area contributed by atoms with Gasteiger partial charge in [0.2, 0.25) is 0 Å². The molecule has 0 aromatic heterocycles. The molecule has 0 bridgehead atoms. The number of piperidine rings is 1. The number of hydrogen-bond acceptors (Lipinski definition) is 2. The van der Waals surface area contributed by atoms with Crippen molar-refractivity contribution >= 4 is 5.97 Å². The molecular weight excluding hydrogens is 154 g/mol. The molecule has 1 aliphatic rings. The average molecular weight is 171 g/mol. The summed E-state index contributed by atoms with van der Waals surface area (Å²) < 4.78 is 0. The van der Waals surface area contributed by atoms with Gasteiger partial charge in [-0.05, 0) is 31.7 Å². The summed E-state index contributed by atoms with van der Waals surface area (Å²) in [5.74, 6) is -0.316. The molecule has 0 spiro atoms. The standard InChI is InChI=1S/C9H17NO2/c1-2-8-7(6-9(11)12)4-3-5-10-8/h7-8,10H,2-6H2,1H3,(H,11,12)/t7-,8-/m1/s1. The smallest absolute Gasteiger partial charge is 0.303 e. The van der Waals surface area contributed by atoms with Crippen molar-refractivity contribution in [3.8, 4) is 0 Å². The highest BCUT2D eigenvalue weighted by Gasteiger charge is 2.24. The number of rotatable bonds is 3. The van der Waals surface area contributed by atoms with E-state index in [1.807, 2.05) is 0 Å². The number of carboxylic acid groups (broad SMARTS) is 1. The van der Waals surface area contributed by atoms with E-state index >= 15 is 0 Å². The fourth-order valence-corrected chi connectivity index (χ4v) is 1.97. The van der Waals surface area contributed by atoms with Crippen molar-refractivity contribution in [2.75, 3.05) is 6.54 Å². The monoisotopic (exact) mass is 171 g/mol. The summed E-state index contributed by atoms with van der Waals surface area (Å²) in [7, 11) is 0. The van der Waals surface area contributed by atoms with Crippen LogP contribution in [0, 0.1) is 5.92 Å². The van der Waals surface area contributed by atoms with E-state index in [1.165, 1.54) is 0 Å². The summed E-state index contributed by atoms with van der Waals surface area (Å²) in [6.45, 7) is 3.16. The van der Waals surface area contributed by atoms with Crippen LogP contribution in [0.15, 0.2) is 0 Å². The molecule has 2 N–H and O–H groups in total. The highest BCUT2D eigenvalue weighted by Crippen LogP contribution is 2.21. The number of nitrogens with one attached hydrogen (secondary N) is 1. The van der Waals surface area contributed by atoms with E-state index in [0.29, 0.717) is 18.4 Å². The van der Waals surface area contributed by atoms with Gasteiger partial charge in [-0.1, -0.05) is 6.92 Å². The number of carbonyl (C=O) groups is 1. The van der Waals surface area contributed by atoms with E-state index < -0.39 is 5.97 Å². The van der Waals surface area contributed by atoms with Crippen LogP contribution in [0.2, 0.25) is 0 Å². The lowest BCUT2D eigenvalue weighted by atomic mass is 9.87. The number of hydrogen-bond donors (Lipinski definition) is 2. The first-order valence-corrected chi connectivity index (χ1v) is 4.69.